The van der Waals surface area contributed by atoms with Crippen molar-refractivity contribution in [1.29, 1.82) is 0 Å². The molecule has 1 N–H and O–H groups in total. The largest absolute Gasteiger partial charge is 0.487 e. The highest BCUT2D eigenvalue weighted by molar-refractivity contribution is 5.42. The molecule has 0 saturated heterocycles. The SMILES string of the molecule is CCNC1CC2(CCCC2CC)Oc2ccc(C)cc21. The predicted molar refractivity (Wildman–Crippen MR) is 83.2 cm³/mol. The molecule has 1 aliphatic carbocycles. The van der Waals surface area contributed by atoms with Gasteiger partial charge in [-0.2, -0.15) is 0 Å². The van der Waals surface area contributed by atoms with E-state index < -0.39 is 0 Å². The molecule has 0 amide bonds. The van der Waals surface area contributed by atoms with Crippen LogP contribution in [0.25, 0.3) is 0 Å². The lowest BCUT2D eigenvalue weighted by molar-refractivity contribution is -0.00538. The first kappa shape index (κ1) is 13.9. The van der Waals surface area contributed by atoms with E-state index in [1.165, 1.54) is 36.8 Å². The number of ether oxygens (including phenoxy) is 1. The van der Waals surface area contributed by atoms with Crippen LogP contribution in [0.5, 0.6) is 5.75 Å². The van der Waals surface area contributed by atoms with E-state index in [0.717, 1.165) is 24.6 Å². The molecule has 3 rings (SSSR count). The molecule has 1 heterocycles. The molecule has 1 aliphatic heterocycles. The fourth-order valence-corrected chi connectivity index (χ4v) is 4.27. The monoisotopic (exact) mass is 273 g/mol. The number of hydrogen-bond acceptors (Lipinski definition) is 2. The van der Waals surface area contributed by atoms with E-state index in [1.807, 2.05) is 0 Å². The molecular weight excluding hydrogens is 246 g/mol. The van der Waals surface area contributed by atoms with Crippen LogP contribution in [0.3, 0.4) is 0 Å². The molecule has 3 atom stereocenters. The molecule has 0 bridgehead atoms. The molecule has 20 heavy (non-hydrogen) atoms. The molecule has 0 aromatic heterocycles. The van der Waals surface area contributed by atoms with Gasteiger partial charge in [-0.1, -0.05) is 31.5 Å². The average molecular weight is 273 g/mol. The minimum absolute atomic E-state index is 0.0871. The number of rotatable bonds is 3. The summed E-state index contributed by atoms with van der Waals surface area (Å²) < 4.78 is 6.58. The van der Waals surface area contributed by atoms with E-state index in [1.54, 1.807) is 0 Å². The van der Waals surface area contributed by atoms with Crippen molar-refractivity contribution in [3.63, 3.8) is 0 Å². The number of fused-ring (bicyclic) bond motifs is 1. The van der Waals surface area contributed by atoms with E-state index in [4.69, 9.17) is 4.74 Å². The smallest absolute Gasteiger partial charge is 0.124 e. The predicted octanol–water partition coefficient (Wildman–Crippen LogP) is 4.38. The molecule has 110 valence electrons. The van der Waals surface area contributed by atoms with E-state index in [9.17, 15) is 0 Å². The van der Waals surface area contributed by atoms with Gasteiger partial charge in [0.05, 0.1) is 0 Å². The van der Waals surface area contributed by atoms with E-state index >= 15 is 0 Å². The van der Waals surface area contributed by atoms with E-state index in [2.05, 4.69) is 44.3 Å². The van der Waals surface area contributed by atoms with Crippen molar-refractivity contribution < 1.29 is 4.74 Å². The van der Waals surface area contributed by atoms with Crippen LogP contribution in [0.1, 0.15) is 63.1 Å². The minimum Gasteiger partial charge on any atom is -0.487 e. The van der Waals surface area contributed by atoms with E-state index in [-0.39, 0.29) is 5.60 Å². The Morgan fingerprint density at radius 3 is 2.95 bits per heavy atom. The molecule has 3 unspecified atom stereocenters. The van der Waals surface area contributed by atoms with Crippen molar-refractivity contribution >= 4 is 0 Å². The van der Waals surface area contributed by atoms with Crippen LogP contribution >= 0.6 is 0 Å². The molecule has 1 saturated carbocycles. The first-order chi connectivity index (χ1) is 9.68. The van der Waals surface area contributed by atoms with Crippen LogP contribution in [-0.2, 0) is 0 Å². The van der Waals surface area contributed by atoms with Gasteiger partial charge in [0.2, 0.25) is 0 Å². The van der Waals surface area contributed by atoms with Gasteiger partial charge in [-0.3, -0.25) is 0 Å². The zero-order valence-corrected chi connectivity index (χ0v) is 13.0. The number of aryl methyl sites for hydroxylation is 1. The summed E-state index contributed by atoms with van der Waals surface area (Å²) in [6.45, 7) is 7.70. The van der Waals surface area contributed by atoms with Gasteiger partial charge >= 0.3 is 0 Å². The molecule has 0 radical (unpaired) electrons. The van der Waals surface area contributed by atoms with Crippen molar-refractivity contribution in [3.05, 3.63) is 29.3 Å². The van der Waals surface area contributed by atoms with Crippen molar-refractivity contribution in [3.8, 4) is 5.75 Å². The molecule has 2 nitrogen and oxygen atoms in total. The first-order valence-corrected chi connectivity index (χ1v) is 8.21. The standard InChI is InChI=1S/C18H27NO/c1-4-14-7-6-10-18(14)12-16(19-5-2)15-11-13(3)8-9-17(15)20-18/h8-9,11,14,16,19H,4-7,10,12H2,1-3H3. The fourth-order valence-electron chi connectivity index (χ4n) is 4.27. The lowest BCUT2D eigenvalue weighted by Crippen LogP contribution is -2.46. The zero-order valence-electron chi connectivity index (χ0n) is 13.0. The van der Waals surface area contributed by atoms with Crippen LogP contribution in [0, 0.1) is 12.8 Å². The second-order valence-corrected chi connectivity index (χ2v) is 6.52. The van der Waals surface area contributed by atoms with Crippen molar-refractivity contribution in [2.45, 2.75) is 64.5 Å². The fraction of sp³-hybridized carbons (Fsp3) is 0.667. The van der Waals surface area contributed by atoms with Gasteiger partial charge in [0.15, 0.2) is 0 Å². The molecule has 1 aromatic rings. The third kappa shape index (κ3) is 2.24. The highest BCUT2D eigenvalue weighted by Crippen LogP contribution is 2.50. The van der Waals surface area contributed by atoms with Crippen molar-refractivity contribution in [1.82, 2.24) is 5.32 Å². The quantitative estimate of drug-likeness (QED) is 0.882. The maximum absolute atomic E-state index is 6.58. The Bertz CT molecular complexity index is 484. The van der Waals surface area contributed by atoms with Crippen LogP contribution in [-0.4, -0.2) is 12.1 Å². The molecule has 2 heteroatoms. The lowest BCUT2D eigenvalue weighted by atomic mass is 9.79. The Kier molecular flexibility index (Phi) is 3.76. The first-order valence-electron chi connectivity index (χ1n) is 8.21. The highest BCUT2D eigenvalue weighted by atomic mass is 16.5. The van der Waals surface area contributed by atoms with Crippen LogP contribution in [0.4, 0.5) is 0 Å². The summed E-state index contributed by atoms with van der Waals surface area (Å²) in [6.07, 6.45) is 6.24. The van der Waals surface area contributed by atoms with Crippen molar-refractivity contribution in [2.75, 3.05) is 6.54 Å². The molecular formula is C18H27NO. The van der Waals surface area contributed by atoms with Gasteiger partial charge in [-0.05, 0) is 51.1 Å². The molecule has 1 fully saturated rings. The van der Waals surface area contributed by atoms with Gasteiger partial charge in [-0.25, -0.2) is 0 Å². The number of benzene rings is 1. The molecule has 1 aromatic carbocycles. The third-order valence-electron chi connectivity index (χ3n) is 5.24. The van der Waals surface area contributed by atoms with Crippen molar-refractivity contribution in [2.24, 2.45) is 5.92 Å². The summed E-state index contributed by atoms with van der Waals surface area (Å²) in [5.41, 5.74) is 2.77. The second-order valence-electron chi connectivity index (χ2n) is 6.52. The van der Waals surface area contributed by atoms with Gasteiger partial charge in [0, 0.05) is 18.0 Å². The summed E-state index contributed by atoms with van der Waals surface area (Å²) in [4.78, 5) is 0. The Labute approximate surface area is 122 Å². The van der Waals surface area contributed by atoms with Gasteiger partial charge in [-0.15, -0.1) is 0 Å². The van der Waals surface area contributed by atoms with Crippen LogP contribution in [0.2, 0.25) is 0 Å². The maximum atomic E-state index is 6.58. The Hall–Kier alpha value is -1.02. The highest BCUT2D eigenvalue weighted by Gasteiger charge is 2.48. The molecule has 1 spiro atoms. The third-order valence-corrected chi connectivity index (χ3v) is 5.24. The summed E-state index contributed by atoms with van der Waals surface area (Å²) in [6, 6.07) is 7.11. The molecule has 2 aliphatic rings. The average Bonchev–Trinajstić information content (AvgIpc) is 2.82. The Balaban J connectivity index is 1.98. The summed E-state index contributed by atoms with van der Waals surface area (Å²) >= 11 is 0. The van der Waals surface area contributed by atoms with Gasteiger partial charge in [0.25, 0.3) is 0 Å². The second kappa shape index (κ2) is 5.40. The Morgan fingerprint density at radius 2 is 2.20 bits per heavy atom. The summed E-state index contributed by atoms with van der Waals surface area (Å²) in [7, 11) is 0. The zero-order chi connectivity index (χ0) is 14.2. The normalized spacial score (nSPS) is 32.1. The topological polar surface area (TPSA) is 21.3 Å². The lowest BCUT2D eigenvalue weighted by Gasteiger charge is -2.44. The Morgan fingerprint density at radius 1 is 1.35 bits per heavy atom. The number of nitrogens with one attached hydrogen (secondary N) is 1. The summed E-state index contributed by atoms with van der Waals surface area (Å²) in [5.74, 6) is 1.84. The van der Waals surface area contributed by atoms with E-state index in [0.29, 0.717) is 6.04 Å². The maximum Gasteiger partial charge on any atom is 0.124 e. The number of hydrogen-bond donors (Lipinski definition) is 1. The van der Waals surface area contributed by atoms with Gasteiger partial charge < -0.3 is 10.1 Å². The van der Waals surface area contributed by atoms with Crippen LogP contribution in [0.15, 0.2) is 18.2 Å². The van der Waals surface area contributed by atoms with Gasteiger partial charge in [0.1, 0.15) is 11.4 Å². The minimum atomic E-state index is 0.0871. The van der Waals surface area contributed by atoms with Crippen LogP contribution < -0.4 is 10.1 Å². The summed E-state index contributed by atoms with van der Waals surface area (Å²) in [5, 5.41) is 3.68.